The quantitative estimate of drug-likeness (QED) is 0.294. The summed E-state index contributed by atoms with van der Waals surface area (Å²) < 4.78 is 52.2. The Hall–Kier alpha value is -4.22. The number of carbonyl (C=O) groups is 2. The number of hydrogen-bond acceptors (Lipinski definition) is 7. The third kappa shape index (κ3) is 7.45. The van der Waals surface area contributed by atoms with Crippen LogP contribution >= 0.6 is 0 Å². The van der Waals surface area contributed by atoms with E-state index in [-0.39, 0.29) is 30.1 Å². The number of carbonyl (C=O) groups excluding carboxylic acids is 2. The minimum atomic E-state index is -4.71. The third-order valence-corrected chi connectivity index (χ3v) is 5.95. The highest BCUT2D eigenvalue weighted by Gasteiger charge is 2.37. The topological polar surface area (TPSA) is 115 Å². The molecule has 1 aromatic carbocycles. The van der Waals surface area contributed by atoms with E-state index in [1.54, 1.807) is 26.1 Å². The summed E-state index contributed by atoms with van der Waals surface area (Å²) >= 11 is 0. The number of halogens is 3. The standard InChI is InChI=1S/C28H32F3N5O4/c1-7-39-23-11-19(14-32-16(23)3)22-15-33-24(17(4)34-22)36-26(38)35-20-10-9-18(21(12-20)28(29,30)31)13-27(5,6)25(37)40-8-2/h9-12,14-15H,7-8,13H2,1-6H3,(H2,33,35,36,38). The lowest BCUT2D eigenvalue weighted by Gasteiger charge is -2.24. The van der Waals surface area contributed by atoms with Gasteiger partial charge in [-0.3, -0.25) is 15.1 Å². The number of benzene rings is 1. The van der Waals surface area contributed by atoms with Gasteiger partial charge < -0.3 is 14.8 Å². The molecule has 0 aliphatic carbocycles. The molecule has 3 rings (SSSR count). The highest BCUT2D eigenvalue weighted by Crippen LogP contribution is 2.37. The zero-order valence-corrected chi connectivity index (χ0v) is 23.2. The van der Waals surface area contributed by atoms with Crippen molar-refractivity contribution in [3.8, 4) is 17.0 Å². The molecular formula is C28H32F3N5O4. The van der Waals surface area contributed by atoms with E-state index in [1.165, 1.54) is 32.2 Å². The fourth-order valence-corrected chi connectivity index (χ4v) is 3.91. The summed E-state index contributed by atoms with van der Waals surface area (Å²) in [5, 5.41) is 4.91. The maximum Gasteiger partial charge on any atom is 0.416 e. The van der Waals surface area contributed by atoms with Gasteiger partial charge in [-0.2, -0.15) is 13.2 Å². The molecular weight excluding hydrogens is 527 g/mol. The third-order valence-electron chi connectivity index (χ3n) is 5.95. The lowest BCUT2D eigenvalue weighted by atomic mass is 9.84. The van der Waals surface area contributed by atoms with E-state index >= 15 is 0 Å². The van der Waals surface area contributed by atoms with Crippen LogP contribution < -0.4 is 15.4 Å². The second-order valence-corrected chi connectivity index (χ2v) is 9.66. The van der Waals surface area contributed by atoms with Crippen molar-refractivity contribution >= 4 is 23.5 Å². The summed E-state index contributed by atoms with van der Waals surface area (Å²) in [5.74, 6) is 0.158. The molecule has 9 nitrogen and oxygen atoms in total. The average Bonchev–Trinajstić information content (AvgIpc) is 2.87. The average molecular weight is 560 g/mol. The van der Waals surface area contributed by atoms with Gasteiger partial charge in [0.25, 0.3) is 0 Å². The van der Waals surface area contributed by atoms with Crippen LogP contribution in [-0.4, -0.2) is 40.2 Å². The monoisotopic (exact) mass is 559 g/mol. The molecule has 0 saturated heterocycles. The van der Waals surface area contributed by atoms with Crippen molar-refractivity contribution in [3.63, 3.8) is 0 Å². The van der Waals surface area contributed by atoms with Crippen molar-refractivity contribution < 1.29 is 32.2 Å². The molecule has 0 fully saturated rings. The van der Waals surface area contributed by atoms with Crippen LogP contribution in [-0.2, 0) is 22.1 Å². The molecule has 0 saturated carbocycles. The number of alkyl halides is 3. The molecule has 2 N–H and O–H groups in total. The van der Waals surface area contributed by atoms with Gasteiger partial charge in [-0.05, 0) is 71.7 Å². The highest BCUT2D eigenvalue weighted by molar-refractivity contribution is 5.99. The van der Waals surface area contributed by atoms with Crippen molar-refractivity contribution in [2.75, 3.05) is 23.8 Å². The Morgan fingerprint density at radius 3 is 2.30 bits per heavy atom. The Morgan fingerprint density at radius 2 is 1.68 bits per heavy atom. The van der Waals surface area contributed by atoms with Crippen LogP contribution in [0.3, 0.4) is 0 Å². The number of esters is 1. The number of anilines is 2. The van der Waals surface area contributed by atoms with Crippen LogP contribution in [0.15, 0.2) is 36.7 Å². The second-order valence-electron chi connectivity index (χ2n) is 9.66. The number of nitrogens with zero attached hydrogens (tertiary/aromatic N) is 3. The Labute approximate surface area is 230 Å². The predicted molar refractivity (Wildman–Crippen MR) is 144 cm³/mol. The van der Waals surface area contributed by atoms with Crippen molar-refractivity contribution in [3.05, 3.63) is 59.2 Å². The van der Waals surface area contributed by atoms with Crippen molar-refractivity contribution in [2.24, 2.45) is 5.41 Å². The molecule has 0 aliphatic heterocycles. The zero-order chi connectivity index (χ0) is 29.7. The Kier molecular flexibility index (Phi) is 9.33. The first-order valence-corrected chi connectivity index (χ1v) is 12.6. The van der Waals surface area contributed by atoms with E-state index in [0.29, 0.717) is 29.3 Å². The van der Waals surface area contributed by atoms with Gasteiger partial charge in [-0.15, -0.1) is 0 Å². The number of nitrogens with one attached hydrogen (secondary N) is 2. The predicted octanol–water partition coefficient (Wildman–Crippen LogP) is 6.35. The van der Waals surface area contributed by atoms with E-state index in [2.05, 4.69) is 25.6 Å². The fourth-order valence-electron chi connectivity index (χ4n) is 3.91. The molecule has 0 aliphatic rings. The van der Waals surface area contributed by atoms with Crippen molar-refractivity contribution in [1.29, 1.82) is 0 Å². The highest BCUT2D eigenvalue weighted by atomic mass is 19.4. The molecule has 2 heterocycles. The molecule has 0 unspecified atom stereocenters. The molecule has 0 spiro atoms. The second kappa shape index (κ2) is 12.3. The number of urea groups is 1. The van der Waals surface area contributed by atoms with Crippen LogP contribution in [0.5, 0.6) is 5.75 Å². The van der Waals surface area contributed by atoms with E-state index in [4.69, 9.17) is 9.47 Å². The normalized spacial score (nSPS) is 11.6. The number of amides is 2. The molecule has 214 valence electrons. The van der Waals surface area contributed by atoms with Crippen LogP contribution in [0.2, 0.25) is 0 Å². The maximum atomic E-state index is 13.9. The first kappa shape index (κ1) is 30.3. The summed E-state index contributed by atoms with van der Waals surface area (Å²) in [6.45, 7) is 10.6. The Balaban J connectivity index is 1.77. The van der Waals surface area contributed by atoms with Gasteiger partial charge in [0.05, 0.1) is 47.5 Å². The molecule has 2 amide bonds. The summed E-state index contributed by atoms with van der Waals surface area (Å²) in [6.07, 6.45) is -1.82. The van der Waals surface area contributed by atoms with Gasteiger partial charge in [-0.1, -0.05) is 6.07 Å². The molecule has 2 aromatic heterocycles. The maximum absolute atomic E-state index is 13.9. The van der Waals surface area contributed by atoms with Crippen LogP contribution in [0.4, 0.5) is 29.5 Å². The van der Waals surface area contributed by atoms with E-state index < -0.39 is 29.2 Å². The molecule has 0 radical (unpaired) electrons. The number of aromatic nitrogens is 3. The summed E-state index contributed by atoms with van der Waals surface area (Å²) in [7, 11) is 0. The molecule has 0 atom stereocenters. The minimum Gasteiger partial charge on any atom is -0.492 e. The van der Waals surface area contributed by atoms with Crippen LogP contribution in [0.1, 0.15) is 50.2 Å². The molecule has 40 heavy (non-hydrogen) atoms. The van der Waals surface area contributed by atoms with E-state index in [1.807, 2.05) is 13.8 Å². The molecule has 0 bridgehead atoms. The number of ether oxygens (including phenoxy) is 2. The van der Waals surface area contributed by atoms with Crippen LogP contribution in [0, 0.1) is 19.3 Å². The number of pyridine rings is 1. The SMILES string of the molecule is CCOC(=O)C(C)(C)Cc1ccc(NC(=O)Nc2ncc(-c3cnc(C)c(OCC)c3)nc2C)cc1C(F)(F)F. The summed E-state index contributed by atoms with van der Waals surface area (Å²) in [6, 6.07) is 4.41. The first-order chi connectivity index (χ1) is 18.7. The summed E-state index contributed by atoms with van der Waals surface area (Å²) in [5.41, 5.74) is -0.0100. The first-order valence-electron chi connectivity index (χ1n) is 12.6. The Bertz CT molecular complexity index is 1390. The van der Waals surface area contributed by atoms with Gasteiger partial charge in [0, 0.05) is 17.4 Å². The van der Waals surface area contributed by atoms with Crippen LogP contribution in [0.25, 0.3) is 11.3 Å². The number of aryl methyl sites for hydroxylation is 2. The number of hydrogen-bond donors (Lipinski definition) is 2. The van der Waals surface area contributed by atoms with Gasteiger partial charge in [-0.25, -0.2) is 14.8 Å². The molecule has 12 heteroatoms. The Morgan fingerprint density at radius 1 is 0.950 bits per heavy atom. The van der Waals surface area contributed by atoms with E-state index in [0.717, 1.165) is 11.8 Å². The largest absolute Gasteiger partial charge is 0.492 e. The number of rotatable bonds is 9. The fraction of sp³-hybridized carbons (Fsp3) is 0.393. The van der Waals surface area contributed by atoms with Gasteiger partial charge in [0.15, 0.2) is 5.82 Å². The van der Waals surface area contributed by atoms with Gasteiger partial charge in [0.1, 0.15) is 5.75 Å². The van der Waals surface area contributed by atoms with Gasteiger partial charge in [0.2, 0.25) is 0 Å². The smallest absolute Gasteiger partial charge is 0.416 e. The van der Waals surface area contributed by atoms with Crippen molar-refractivity contribution in [2.45, 2.75) is 54.1 Å². The van der Waals surface area contributed by atoms with Crippen molar-refractivity contribution in [1.82, 2.24) is 15.0 Å². The zero-order valence-electron chi connectivity index (χ0n) is 23.2. The minimum absolute atomic E-state index is 0.0843. The molecule has 3 aromatic rings. The summed E-state index contributed by atoms with van der Waals surface area (Å²) in [4.78, 5) is 37.9. The lowest BCUT2D eigenvalue weighted by Crippen LogP contribution is -2.30. The lowest BCUT2D eigenvalue weighted by molar-refractivity contribution is -0.154. The van der Waals surface area contributed by atoms with E-state index in [9.17, 15) is 22.8 Å². The van der Waals surface area contributed by atoms with Gasteiger partial charge >= 0.3 is 18.2 Å².